The number of hydrogen-bond donors (Lipinski definition) is 0. The van der Waals surface area contributed by atoms with Crippen molar-refractivity contribution in [3.05, 3.63) is 96.3 Å². The molecule has 5 rings (SSSR count). The molecule has 0 unspecified atom stereocenters. The summed E-state index contributed by atoms with van der Waals surface area (Å²) in [7, 11) is 0. The first kappa shape index (κ1) is 15.8. The number of para-hydroxylation sites is 1. The largest absolute Gasteiger partial charge is 0.437 e. The molecule has 0 aliphatic rings. The number of benzene rings is 2. The van der Waals surface area contributed by atoms with Crippen molar-refractivity contribution in [3.8, 4) is 11.3 Å². The molecule has 3 nitrogen and oxygen atoms in total. The van der Waals surface area contributed by atoms with Crippen LogP contribution in [0.4, 0.5) is 0 Å². The van der Waals surface area contributed by atoms with Crippen LogP contribution in [0.15, 0.2) is 89.5 Å². The molecule has 0 aliphatic carbocycles. The molecule has 0 N–H and O–H groups in total. The molecule has 0 spiro atoms. The zero-order chi connectivity index (χ0) is 18.1. The lowest BCUT2D eigenvalue weighted by molar-refractivity contribution is 0.651. The van der Waals surface area contributed by atoms with Crippen LogP contribution in [-0.2, 0) is 12.8 Å². The fourth-order valence-electron chi connectivity index (χ4n) is 3.50. The van der Waals surface area contributed by atoms with Crippen molar-refractivity contribution in [3.63, 3.8) is 0 Å². The number of aryl methyl sites for hydroxylation is 2. The van der Waals surface area contributed by atoms with Crippen LogP contribution in [0.5, 0.6) is 0 Å². The van der Waals surface area contributed by atoms with E-state index in [2.05, 4.69) is 47.4 Å². The van der Waals surface area contributed by atoms with Gasteiger partial charge in [0, 0.05) is 28.2 Å². The molecule has 3 heteroatoms. The van der Waals surface area contributed by atoms with Crippen LogP contribution in [0.25, 0.3) is 33.3 Å². The Hall–Kier alpha value is -3.46. The van der Waals surface area contributed by atoms with Crippen molar-refractivity contribution >= 4 is 22.1 Å². The molecule has 3 heterocycles. The molecule has 0 atom stereocenters. The number of fused-ring (bicyclic) bond motifs is 3. The van der Waals surface area contributed by atoms with E-state index in [9.17, 15) is 0 Å². The fourth-order valence-corrected chi connectivity index (χ4v) is 3.50. The van der Waals surface area contributed by atoms with Crippen LogP contribution in [0, 0.1) is 0 Å². The highest BCUT2D eigenvalue weighted by molar-refractivity contribution is 6.08. The normalized spacial score (nSPS) is 11.3. The maximum absolute atomic E-state index is 6.18. The summed E-state index contributed by atoms with van der Waals surface area (Å²) in [4.78, 5) is 9.24. The van der Waals surface area contributed by atoms with Gasteiger partial charge in [0.2, 0.25) is 5.71 Å². The summed E-state index contributed by atoms with van der Waals surface area (Å²) >= 11 is 0. The van der Waals surface area contributed by atoms with Gasteiger partial charge in [0.25, 0.3) is 0 Å². The predicted octanol–water partition coefficient (Wildman–Crippen LogP) is 5.83. The molecular weight excluding hydrogens is 332 g/mol. The van der Waals surface area contributed by atoms with Crippen molar-refractivity contribution in [1.82, 2.24) is 9.97 Å². The zero-order valence-electron chi connectivity index (χ0n) is 14.8. The van der Waals surface area contributed by atoms with E-state index in [1.165, 1.54) is 5.56 Å². The van der Waals surface area contributed by atoms with Crippen LogP contribution >= 0.6 is 0 Å². The van der Waals surface area contributed by atoms with Gasteiger partial charge < -0.3 is 4.42 Å². The Morgan fingerprint density at radius 1 is 0.704 bits per heavy atom. The van der Waals surface area contributed by atoms with Gasteiger partial charge in [-0.15, -0.1) is 0 Å². The second kappa shape index (κ2) is 6.69. The SMILES string of the molecule is c1ccc(CCc2ccc3c(n2)oc2c(-c4ccccn4)cccc23)cc1. The van der Waals surface area contributed by atoms with Crippen molar-refractivity contribution in [2.75, 3.05) is 0 Å². The molecule has 0 bridgehead atoms. The number of aromatic nitrogens is 2. The zero-order valence-corrected chi connectivity index (χ0v) is 14.8. The Kier molecular flexibility index (Phi) is 3.91. The average Bonchev–Trinajstić information content (AvgIpc) is 3.11. The minimum absolute atomic E-state index is 0.693. The van der Waals surface area contributed by atoms with E-state index in [1.54, 1.807) is 6.20 Å². The van der Waals surface area contributed by atoms with Crippen molar-refractivity contribution in [2.45, 2.75) is 12.8 Å². The molecule has 0 amide bonds. The number of rotatable bonds is 4. The number of furan rings is 1. The van der Waals surface area contributed by atoms with Crippen molar-refractivity contribution in [1.29, 1.82) is 0 Å². The molecule has 3 aromatic heterocycles. The minimum Gasteiger partial charge on any atom is -0.437 e. The van der Waals surface area contributed by atoms with E-state index in [-0.39, 0.29) is 0 Å². The topological polar surface area (TPSA) is 38.9 Å². The van der Waals surface area contributed by atoms with Gasteiger partial charge in [0.15, 0.2) is 0 Å². The van der Waals surface area contributed by atoms with E-state index in [0.29, 0.717) is 5.71 Å². The standard InChI is InChI=1S/C24H18N2O/c1-2-7-17(8-3-1)12-13-18-14-15-20-19-9-6-10-21(22-11-4-5-16-25-22)23(19)27-24(20)26-18/h1-11,14-16H,12-13H2. The Bertz CT molecular complexity index is 1210. The maximum atomic E-state index is 6.18. The third-order valence-electron chi connectivity index (χ3n) is 4.88. The maximum Gasteiger partial charge on any atom is 0.227 e. The molecule has 27 heavy (non-hydrogen) atoms. The van der Waals surface area contributed by atoms with Crippen LogP contribution in [0.2, 0.25) is 0 Å². The third kappa shape index (κ3) is 2.97. The summed E-state index contributed by atoms with van der Waals surface area (Å²) in [5, 5.41) is 2.13. The van der Waals surface area contributed by atoms with E-state index in [4.69, 9.17) is 9.40 Å². The van der Waals surface area contributed by atoms with E-state index in [0.717, 1.165) is 46.1 Å². The molecule has 5 aromatic rings. The molecule has 130 valence electrons. The van der Waals surface area contributed by atoms with Gasteiger partial charge in [-0.2, -0.15) is 0 Å². The summed E-state index contributed by atoms with van der Waals surface area (Å²) in [5.41, 5.74) is 5.81. The van der Waals surface area contributed by atoms with Crippen LogP contribution in [0.1, 0.15) is 11.3 Å². The molecule has 0 radical (unpaired) electrons. The number of nitrogens with zero attached hydrogens (tertiary/aromatic N) is 2. The highest BCUT2D eigenvalue weighted by atomic mass is 16.3. The highest BCUT2D eigenvalue weighted by Gasteiger charge is 2.13. The molecule has 0 aliphatic heterocycles. The minimum atomic E-state index is 0.693. The lowest BCUT2D eigenvalue weighted by atomic mass is 10.1. The van der Waals surface area contributed by atoms with Gasteiger partial charge in [0.1, 0.15) is 5.58 Å². The third-order valence-corrected chi connectivity index (χ3v) is 4.88. The number of hydrogen-bond acceptors (Lipinski definition) is 3. The highest BCUT2D eigenvalue weighted by Crippen LogP contribution is 2.34. The first-order valence-electron chi connectivity index (χ1n) is 9.15. The van der Waals surface area contributed by atoms with Crippen molar-refractivity contribution < 1.29 is 4.42 Å². The van der Waals surface area contributed by atoms with E-state index >= 15 is 0 Å². The van der Waals surface area contributed by atoms with Gasteiger partial charge in [-0.3, -0.25) is 4.98 Å². The van der Waals surface area contributed by atoms with Gasteiger partial charge in [-0.05, 0) is 48.7 Å². The Labute approximate surface area is 157 Å². The summed E-state index contributed by atoms with van der Waals surface area (Å²) in [6.45, 7) is 0. The average molecular weight is 350 g/mol. The molecule has 0 fully saturated rings. The lowest BCUT2D eigenvalue weighted by Gasteiger charge is -2.01. The Morgan fingerprint density at radius 3 is 2.44 bits per heavy atom. The smallest absolute Gasteiger partial charge is 0.227 e. The fraction of sp³-hybridized carbons (Fsp3) is 0.0833. The predicted molar refractivity (Wildman–Crippen MR) is 109 cm³/mol. The first-order chi connectivity index (χ1) is 13.4. The molecule has 0 saturated heterocycles. The second-order valence-electron chi connectivity index (χ2n) is 6.64. The Morgan fingerprint density at radius 2 is 1.59 bits per heavy atom. The quantitative estimate of drug-likeness (QED) is 0.409. The first-order valence-corrected chi connectivity index (χ1v) is 9.15. The van der Waals surface area contributed by atoms with Gasteiger partial charge in [0.05, 0.1) is 5.69 Å². The van der Waals surface area contributed by atoms with Crippen LogP contribution in [-0.4, -0.2) is 9.97 Å². The van der Waals surface area contributed by atoms with Gasteiger partial charge >= 0.3 is 0 Å². The van der Waals surface area contributed by atoms with Crippen LogP contribution < -0.4 is 0 Å². The summed E-state index contributed by atoms with van der Waals surface area (Å²) < 4.78 is 6.18. The molecule has 0 saturated carbocycles. The van der Waals surface area contributed by atoms with Gasteiger partial charge in [-0.25, -0.2) is 4.98 Å². The number of pyridine rings is 2. The van der Waals surface area contributed by atoms with Crippen LogP contribution in [0.3, 0.4) is 0 Å². The summed E-state index contributed by atoms with van der Waals surface area (Å²) in [6.07, 6.45) is 3.67. The lowest BCUT2D eigenvalue weighted by Crippen LogP contribution is -1.93. The summed E-state index contributed by atoms with van der Waals surface area (Å²) in [6, 6.07) is 26.8. The van der Waals surface area contributed by atoms with Crippen molar-refractivity contribution in [2.24, 2.45) is 0 Å². The second-order valence-corrected chi connectivity index (χ2v) is 6.64. The molecular formula is C24H18N2O. The molecule has 2 aromatic carbocycles. The van der Waals surface area contributed by atoms with E-state index in [1.807, 2.05) is 36.4 Å². The van der Waals surface area contributed by atoms with Gasteiger partial charge in [-0.1, -0.05) is 48.5 Å². The monoisotopic (exact) mass is 350 g/mol. The van der Waals surface area contributed by atoms with E-state index < -0.39 is 0 Å². The summed E-state index contributed by atoms with van der Waals surface area (Å²) in [5.74, 6) is 0. The Balaban J connectivity index is 1.55.